The van der Waals surface area contributed by atoms with Crippen molar-refractivity contribution in [2.75, 3.05) is 5.32 Å². The minimum atomic E-state index is -0.502. The van der Waals surface area contributed by atoms with Gasteiger partial charge < -0.3 is 10.3 Å². The predicted octanol–water partition coefficient (Wildman–Crippen LogP) is 4.79. The van der Waals surface area contributed by atoms with E-state index in [0.29, 0.717) is 21.2 Å². The van der Waals surface area contributed by atoms with E-state index in [4.69, 9.17) is 11.6 Å². The van der Waals surface area contributed by atoms with Crippen molar-refractivity contribution in [1.29, 1.82) is 0 Å². The van der Waals surface area contributed by atoms with E-state index in [1.165, 1.54) is 18.1 Å². The zero-order valence-electron chi connectivity index (χ0n) is 14.9. The molecule has 4 rings (SSSR count). The number of hydrogen-bond acceptors (Lipinski definition) is 5. The summed E-state index contributed by atoms with van der Waals surface area (Å²) in [6, 6.07) is 15.0. The highest BCUT2D eigenvalue weighted by Gasteiger charge is 2.24. The van der Waals surface area contributed by atoms with E-state index in [-0.39, 0.29) is 5.91 Å². The molecule has 28 heavy (non-hydrogen) atoms. The molecule has 0 bridgehead atoms. The number of hydrogen-bond donors (Lipinski definition) is 2. The number of benzene rings is 2. The van der Waals surface area contributed by atoms with Gasteiger partial charge in [0.25, 0.3) is 0 Å². The van der Waals surface area contributed by atoms with E-state index in [1.807, 2.05) is 43.3 Å². The van der Waals surface area contributed by atoms with Crippen molar-refractivity contribution >= 4 is 46.1 Å². The second-order valence-electron chi connectivity index (χ2n) is 6.14. The summed E-state index contributed by atoms with van der Waals surface area (Å²) < 4.78 is 0. The quantitative estimate of drug-likeness (QED) is 0.366. The third kappa shape index (κ3) is 3.85. The van der Waals surface area contributed by atoms with Gasteiger partial charge in [0.1, 0.15) is 22.1 Å². The van der Waals surface area contributed by atoms with Gasteiger partial charge in [-0.3, -0.25) is 4.79 Å². The van der Waals surface area contributed by atoms with E-state index < -0.39 is 5.25 Å². The number of aromatic nitrogens is 4. The number of halogens is 1. The maximum atomic E-state index is 13.2. The highest BCUT2D eigenvalue weighted by molar-refractivity contribution is 8.00. The molecule has 0 aliphatic carbocycles. The highest BCUT2D eigenvalue weighted by Crippen LogP contribution is 2.37. The number of carbonyl (C=O) groups excluding carboxylic acids is 1. The lowest BCUT2D eigenvalue weighted by molar-refractivity contribution is -0.115. The van der Waals surface area contributed by atoms with Gasteiger partial charge in [-0.05, 0) is 36.2 Å². The molecule has 2 N–H and O–H groups in total. The van der Waals surface area contributed by atoms with Crippen LogP contribution in [0.2, 0.25) is 5.02 Å². The first-order chi connectivity index (χ1) is 13.6. The van der Waals surface area contributed by atoms with Gasteiger partial charge >= 0.3 is 0 Å². The maximum absolute atomic E-state index is 13.2. The average molecular weight is 410 g/mol. The first kappa shape index (κ1) is 18.5. The Bertz CT molecular complexity index is 1130. The van der Waals surface area contributed by atoms with Crippen LogP contribution < -0.4 is 5.32 Å². The second kappa shape index (κ2) is 8.00. The molecule has 0 radical (unpaired) electrons. The maximum Gasteiger partial charge on any atom is 0.242 e. The summed E-state index contributed by atoms with van der Waals surface area (Å²) in [5.74, 6) is -0.145. The molecule has 0 aliphatic heterocycles. The first-order valence-corrected chi connectivity index (χ1v) is 9.80. The van der Waals surface area contributed by atoms with E-state index in [2.05, 4.69) is 25.3 Å². The van der Waals surface area contributed by atoms with E-state index >= 15 is 0 Å². The van der Waals surface area contributed by atoms with E-state index in [0.717, 1.165) is 16.8 Å². The topological polar surface area (TPSA) is 83.6 Å². The summed E-state index contributed by atoms with van der Waals surface area (Å²) in [7, 11) is 0. The summed E-state index contributed by atoms with van der Waals surface area (Å²) in [5, 5.41) is 3.81. The molecule has 1 unspecified atom stereocenters. The van der Waals surface area contributed by atoms with E-state index in [9.17, 15) is 4.79 Å². The SMILES string of the molecule is Cc1cc(Cl)ccc1NC(=O)C(Sc1ncnc2nc[nH]c12)c1ccccc1. The normalized spacial score (nSPS) is 12.1. The van der Waals surface area contributed by atoms with Gasteiger partial charge in [-0.25, -0.2) is 15.0 Å². The number of thioether (sulfide) groups is 1. The summed E-state index contributed by atoms with van der Waals surface area (Å²) in [6.45, 7) is 1.91. The number of carbonyl (C=O) groups is 1. The first-order valence-electron chi connectivity index (χ1n) is 8.54. The molecular weight excluding hydrogens is 394 g/mol. The monoisotopic (exact) mass is 409 g/mol. The summed E-state index contributed by atoms with van der Waals surface area (Å²) in [5.41, 5.74) is 3.78. The summed E-state index contributed by atoms with van der Waals surface area (Å²) >= 11 is 7.38. The molecule has 0 saturated heterocycles. The van der Waals surface area contributed by atoms with Crippen molar-refractivity contribution in [2.45, 2.75) is 17.2 Å². The Labute approximate surface area is 170 Å². The Balaban J connectivity index is 1.67. The van der Waals surface area contributed by atoms with Crippen molar-refractivity contribution in [3.8, 4) is 0 Å². The van der Waals surface area contributed by atoms with Gasteiger partial charge in [-0.2, -0.15) is 0 Å². The Kier molecular flexibility index (Phi) is 5.27. The van der Waals surface area contributed by atoms with Crippen LogP contribution in [0.25, 0.3) is 11.2 Å². The van der Waals surface area contributed by atoms with Crippen molar-refractivity contribution in [3.05, 3.63) is 77.3 Å². The molecule has 2 aromatic carbocycles. The average Bonchev–Trinajstić information content (AvgIpc) is 3.18. The fourth-order valence-corrected chi connectivity index (χ4v) is 4.10. The van der Waals surface area contributed by atoms with Gasteiger partial charge in [0, 0.05) is 10.7 Å². The molecular formula is C20H16ClN5OS. The molecule has 1 atom stereocenters. The Hall–Kier alpha value is -2.90. The van der Waals surface area contributed by atoms with Crippen LogP contribution in [-0.2, 0) is 4.79 Å². The number of anilines is 1. The molecule has 0 spiro atoms. The van der Waals surface area contributed by atoms with Crippen LogP contribution in [0.3, 0.4) is 0 Å². The zero-order chi connectivity index (χ0) is 19.5. The van der Waals surface area contributed by atoms with Gasteiger partial charge in [0.2, 0.25) is 5.91 Å². The highest BCUT2D eigenvalue weighted by atomic mass is 35.5. The zero-order valence-corrected chi connectivity index (χ0v) is 16.5. The number of aryl methyl sites for hydroxylation is 1. The van der Waals surface area contributed by atoms with Crippen LogP contribution in [-0.4, -0.2) is 25.8 Å². The van der Waals surface area contributed by atoms with Gasteiger partial charge in [0.15, 0.2) is 5.65 Å². The van der Waals surface area contributed by atoms with Gasteiger partial charge in [0.05, 0.1) is 6.33 Å². The van der Waals surface area contributed by atoms with Crippen molar-refractivity contribution in [2.24, 2.45) is 0 Å². The number of H-pyrrole nitrogens is 1. The Morgan fingerprint density at radius 2 is 1.96 bits per heavy atom. The molecule has 0 fully saturated rings. The molecule has 2 aromatic heterocycles. The van der Waals surface area contributed by atoms with E-state index in [1.54, 1.807) is 18.5 Å². The van der Waals surface area contributed by atoms with Crippen LogP contribution in [0.15, 0.2) is 66.2 Å². The number of amides is 1. The summed E-state index contributed by atoms with van der Waals surface area (Å²) in [6.07, 6.45) is 3.02. The van der Waals surface area contributed by atoms with Crippen LogP contribution in [0.5, 0.6) is 0 Å². The third-order valence-corrected chi connectivity index (χ3v) is 5.69. The van der Waals surface area contributed by atoms with Crippen molar-refractivity contribution < 1.29 is 4.79 Å². The van der Waals surface area contributed by atoms with Gasteiger partial charge in [-0.1, -0.05) is 53.7 Å². The molecule has 6 nitrogen and oxygen atoms in total. The smallest absolute Gasteiger partial charge is 0.242 e. The number of aromatic amines is 1. The minimum Gasteiger partial charge on any atom is -0.341 e. The molecule has 2 heterocycles. The third-order valence-electron chi connectivity index (χ3n) is 4.20. The molecule has 140 valence electrons. The van der Waals surface area contributed by atoms with Crippen LogP contribution in [0.1, 0.15) is 16.4 Å². The predicted molar refractivity (Wildman–Crippen MR) is 112 cm³/mol. The Morgan fingerprint density at radius 1 is 1.14 bits per heavy atom. The molecule has 0 saturated carbocycles. The molecule has 1 amide bonds. The van der Waals surface area contributed by atoms with Crippen LogP contribution in [0.4, 0.5) is 5.69 Å². The number of fused-ring (bicyclic) bond motifs is 1. The number of nitrogens with one attached hydrogen (secondary N) is 2. The molecule has 0 aliphatic rings. The lowest BCUT2D eigenvalue weighted by Crippen LogP contribution is -2.19. The number of imidazole rings is 1. The molecule has 8 heteroatoms. The van der Waals surface area contributed by atoms with Crippen molar-refractivity contribution in [3.63, 3.8) is 0 Å². The second-order valence-corrected chi connectivity index (χ2v) is 7.67. The fourth-order valence-electron chi connectivity index (χ4n) is 2.81. The fraction of sp³-hybridized carbons (Fsp3) is 0.100. The largest absolute Gasteiger partial charge is 0.341 e. The van der Waals surface area contributed by atoms with Crippen molar-refractivity contribution in [1.82, 2.24) is 19.9 Å². The lowest BCUT2D eigenvalue weighted by Gasteiger charge is -2.18. The summed E-state index contributed by atoms with van der Waals surface area (Å²) in [4.78, 5) is 28.9. The lowest BCUT2D eigenvalue weighted by atomic mass is 10.1. The van der Waals surface area contributed by atoms with Crippen LogP contribution >= 0.6 is 23.4 Å². The Morgan fingerprint density at radius 3 is 2.75 bits per heavy atom. The molecule has 4 aromatic rings. The number of rotatable bonds is 5. The standard InChI is InChI=1S/C20H16ClN5OS/c1-12-9-14(21)7-8-15(12)26-19(27)17(13-5-3-2-4-6-13)28-20-16-18(23-10-22-16)24-11-25-20/h2-11,17H,1H3,(H,26,27)(H,22,23,24,25). The van der Waals surface area contributed by atoms with Crippen LogP contribution in [0, 0.1) is 6.92 Å². The number of nitrogens with zero attached hydrogens (tertiary/aromatic N) is 3. The van der Waals surface area contributed by atoms with Gasteiger partial charge in [-0.15, -0.1) is 0 Å². The minimum absolute atomic E-state index is 0.145.